The maximum absolute atomic E-state index is 10.2. The molecule has 1 saturated carbocycles. The third-order valence-electron chi connectivity index (χ3n) is 4.54. The van der Waals surface area contributed by atoms with Gasteiger partial charge in [-0.1, -0.05) is 13.3 Å². The Morgan fingerprint density at radius 3 is 2.74 bits per heavy atom. The average Bonchev–Trinajstić information content (AvgIpc) is 2.46. The van der Waals surface area contributed by atoms with Gasteiger partial charge in [0.15, 0.2) is 0 Å². The summed E-state index contributed by atoms with van der Waals surface area (Å²) in [5.74, 6) is 0.789. The van der Waals surface area contributed by atoms with E-state index in [1.54, 1.807) is 0 Å². The fraction of sp³-hybridized carbons (Fsp3) is 0.688. The molecule has 1 heterocycles. The van der Waals surface area contributed by atoms with Gasteiger partial charge < -0.3 is 10.0 Å². The predicted molar refractivity (Wildman–Crippen MR) is 78.0 cm³/mol. The third kappa shape index (κ3) is 4.02. The molecule has 1 fully saturated rings. The highest BCUT2D eigenvalue weighted by Crippen LogP contribution is 2.29. The lowest BCUT2D eigenvalue weighted by Crippen LogP contribution is -2.46. The molecule has 0 amide bonds. The molecule has 0 saturated heterocycles. The van der Waals surface area contributed by atoms with E-state index >= 15 is 0 Å². The Morgan fingerprint density at radius 2 is 2.05 bits per heavy atom. The van der Waals surface area contributed by atoms with Crippen LogP contribution in [0.15, 0.2) is 24.5 Å². The maximum Gasteiger partial charge on any atom is 0.0695 e. The second kappa shape index (κ2) is 7.01. The zero-order valence-electron chi connectivity index (χ0n) is 12.1. The van der Waals surface area contributed by atoms with Crippen molar-refractivity contribution >= 4 is 0 Å². The first kappa shape index (κ1) is 14.5. The minimum Gasteiger partial charge on any atom is -0.391 e. The zero-order valence-corrected chi connectivity index (χ0v) is 12.1. The molecule has 1 aliphatic carbocycles. The number of pyridine rings is 1. The Hall–Kier alpha value is -0.930. The lowest BCUT2D eigenvalue weighted by Gasteiger charge is -2.38. The molecule has 1 N–H and O–H groups in total. The molecule has 3 unspecified atom stereocenters. The van der Waals surface area contributed by atoms with E-state index in [9.17, 15) is 5.11 Å². The van der Waals surface area contributed by atoms with Crippen LogP contribution in [0.2, 0.25) is 0 Å². The number of aromatic nitrogens is 1. The number of aliphatic hydroxyl groups excluding tert-OH is 1. The summed E-state index contributed by atoms with van der Waals surface area (Å²) in [6.07, 6.45) is 9.10. The van der Waals surface area contributed by atoms with E-state index in [-0.39, 0.29) is 6.10 Å². The fourth-order valence-corrected chi connectivity index (χ4v) is 3.08. The van der Waals surface area contributed by atoms with Crippen LogP contribution in [0.25, 0.3) is 0 Å². The summed E-state index contributed by atoms with van der Waals surface area (Å²) >= 11 is 0. The lowest BCUT2D eigenvalue weighted by atomic mass is 9.82. The molecule has 0 aromatic carbocycles. The van der Waals surface area contributed by atoms with E-state index < -0.39 is 0 Å². The predicted octanol–water partition coefficient (Wildman–Crippen LogP) is 2.50. The Bertz CT molecular complexity index is 368. The number of likely N-dealkylation sites (N-methyl/N-ethyl adjacent to an activating group) is 1. The fourth-order valence-electron chi connectivity index (χ4n) is 3.08. The molecule has 106 valence electrons. The lowest BCUT2D eigenvalue weighted by molar-refractivity contribution is 0.0141. The summed E-state index contributed by atoms with van der Waals surface area (Å²) in [7, 11) is 2.15. The molecular weight excluding hydrogens is 236 g/mol. The molecule has 1 aromatic rings. The van der Waals surface area contributed by atoms with E-state index in [4.69, 9.17) is 0 Å². The van der Waals surface area contributed by atoms with E-state index in [1.807, 2.05) is 12.4 Å². The minimum atomic E-state index is -0.148. The summed E-state index contributed by atoms with van der Waals surface area (Å²) in [4.78, 5) is 6.38. The number of nitrogens with zero attached hydrogens (tertiary/aromatic N) is 2. The van der Waals surface area contributed by atoms with Gasteiger partial charge in [-0.15, -0.1) is 0 Å². The molecule has 0 aliphatic heterocycles. The van der Waals surface area contributed by atoms with E-state index in [0.717, 1.165) is 31.7 Å². The molecule has 3 heteroatoms. The Morgan fingerprint density at radius 1 is 1.32 bits per heavy atom. The number of hydrogen-bond donors (Lipinski definition) is 1. The van der Waals surface area contributed by atoms with Crippen LogP contribution in [0.3, 0.4) is 0 Å². The summed E-state index contributed by atoms with van der Waals surface area (Å²) in [5.41, 5.74) is 1.32. The molecular formula is C16H26N2O. The first-order chi connectivity index (χ1) is 9.20. The normalized spacial score (nSPS) is 27.7. The second-order valence-corrected chi connectivity index (χ2v) is 5.81. The summed E-state index contributed by atoms with van der Waals surface area (Å²) in [6, 6.07) is 4.47. The highest BCUT2D eigenvalue weighted by molar-refractivity contribution is 5.10. The minimum absolute atomic E-state index is 0.148. The van der Waals surface area contributed by atoms with Gasteiger partial charge in [0.05, 0.1) is 6.10 Å². The van der Waals surface area contributed by atoms with Gasteiger partial charge in [0.1, 0.15) is 0 Å². The van der Waals surface area contributed by atoms with Crippen LogP contribution < -0.4 is 0 Å². The summed E-state index contributed by atoms with van der Waals surface area (Å²) in [6.45, 7) is 3.26. The summed E-state index contributed by atoms with van der Waals surface area (Å²) < 4.78 is 0. The molecule has 0 spiro atoms. The highest BCUT2D eigenvalue weighted by atomic mass is 16.3. The van der Waals surface area contributed by atoms with Gasteiger partial charge in [-0.2, -0.15) is 0 Å². The van der Waals surface area contributed by atoms with E-state index in [2.05, 4.69) is 36.0 Å². The van der Waals surface area contributed by atoms with Crippen LogP contribution in [0.1, 0.15) is 38.2 Å². The Labute approximate surface area is 116 Å². The number of rotatable bonds is 5. The second-order valence-electron chi connectivity index (χ2n) is 5.81. The molecule has 0 bridgehead atoms. The molecule has 19 heavy (non-hydrogen) atoms. The third-order valence-corrected chi connectivity index (χ3v) is 4.54. The van der Waals surface area contributed by atoms with Crippen molar-refractivity contribution in [3.05, 3.63) is 30.1 Å². The van der Waals surface area contributed by atoms with Gasteiger partial charge in [0, 0.05) is 25.0 Å². The molecule has 0 radical (unpaired) electrons. The van der Waals surface area contributed by atoms with Gasteiger partial charge in [-0.25, -0.2) is 0 Å². The molecule has 1 aromatic heterocycles. The quantitative estimate of drug-likeness (QED) is 0.885. The van der Waals surface area contributed by atoms with Gasteiger partial charge >= 0.3 is 0 Å². The largest absolute Gasteiger partial charge is 0.391 e. The topological polar surface area (TPSA) is 36.4 Å². The van der Waals surface area contributed by atoms with Gasteiger partial charge in [-0.3, -0.25) is 4.98 Å². The van der Waals surface area contributed by atoms with Crippen LogP contribution in [0.4, 0.5) is 0 Å². The monoisotopic (exact) mass is 262 g/mol. The standard InChI is InChI=1S/C16H26N2O/c1-3-13-4-5-16(19)15(12-13)18(2)11-8-14-6-9-17-10-7-14/h6-7,9-10,13,15-16,19H,3-5,8,11-12H2,1-2H3. The summed E-state index contributed by atoms with van der Waals surface area (Å²) in [5, 5.41) is 10.2. The SMILES string of the molecule is CCC1CCC(O)C(N(C)CCc2ccncc2)C1. The zero-order chi connectivity index (χ0) is 13.7. The first-order valence-corrected chi connectivity index (χ1v) is 7.48. The van der Waals surface area contributed by atoms with Crippen molar-refractivity contribution in [2.24, 2.45) is 5.92 Å². The van der Waals surface area contributed by atoms with Crippen molar-refractivity contribution in [2.75, 3.05) is 13.6 Å². The van der Waals surface area contributed by atoms with E-state index in [1.165, 1.54) is 18.4 Å². The molecule has 3 atom stereocenters. The van der Waals surface area contributed by atoms with Crippen molar-refractivity contribution in [2.45, 2.75) is 51.2 Å². The van der Waals surface area contributed by atoms with Crippen LogP contribution in [0, 0.1) is 5.92 Å². The van der Waals surface area contributed by atoms with Crippen LogP contribution in [-0.2, 0) is 6.42 Å². The Balaban J connectivity index is 1.86. The smallest absolute Gasteiger partial charge is 0.0695 e. The first-order valence-electron chi connectivity index (χ1n) is 7.48. The van der Waals surface area contributed by atoms with Crippen molar-refractivity contribution in [1.82, 2.24) is 9.88 Å². The Kier molecular flexibility index (Phi) is 5.34. The van der Waals surface area contributed by atoms with Crippen LogP contribution in [-0.4, -0.2) is 40.7 Å². The molecule has 1 aliphatic rings. The molecule has 2 rings (SSSR count). The van der Waals surface area contributed by atoms with Crippen molar-refractivity contribution in [1.29, 1.82) is 0 Å². The number of hydrogen-bond acceptors (Lipinski definition) is 3. The maximum atomic E-state index is 10.2. The van der Waals surface area contributed by atoms with Crippen LogP contribution >= 0.6 is 0 Å². The van der Waals surface area contributed by atoms with Crippen LogP contribution in [0.5, 0.6) is 0 Å². The van der Waals surface area contributed by atoms with Gasteiger partial charge in [-0.05, 0) is 56.3 Å². The molecule has 3 nitrogen and oxygen atoms in total. The highest BCUT2D eigenvalue weighted by Gasteiger charge is 2.30. The van der Waals surface area contributed by atoms with Crippen molar-refractivity contribution in [3.8, 4) is 0 Å². The number of aliphatic hydroxyl groups is 1. The van der Waals surface area contributed by atoms with Gasteiger partial charge in [0.25, 0.3) is 0 Å². The van der Waals surface area contributed by atoms with E-state index in [0.29, 0.717) is 6.04 Å². The van der Waals surface area contributed by atoms with Crippen molar-refractivity contribution in [3.63, 3.8) is 0 Å². The average molecular weight is 262 g/mol. The van der Waals surface area contributed by atoms with Gasteiger partial charge in [0.2, 0.25) is 0 Å². The van der Waals surface area contributed by atoms with Crippen molar-refractivity contribution < 1.29 is 5.11 Å².